The number of hydrogen-bond acceptors (Lipinski definition) is 4. The molecule has 0 aliphatic heterocycles. The van der Waals surface area contributed by atoms with Crippen LogP contribution in [0.25, 0.3) is 16.8 Å². The van der Waals surface area contributed by atoms with Crippen molar-refractivity contribution >= 4 is 33.0 Å². The minimum Gasteiger partial charge on any atom is -0.227 e. The molecule has 0 amide bonds. The van der Waals surface area contributed by atoms with E-state index in [2.05, 4.69) is 10.3 Å². The van der Waals surface area contributed by atoms with Gasteiger partial charge in [0.05, 0.1) is 33.4 Å². The van der Waals surface area contributed by atoms with Crippen molar-refractivity contribution < 1.29 is 8.42 Å². The summed E-state index contributed by atoms with van der Waals surface area (Å²) in [5.41, 5.74) is 4.54. The average molecular weight is 456 g/mol. The molecule has 5 nitrogen and oxygen atoms in total. The van der Waals surface area contributed by atoms with E-state index in [1.807, 2.05) is 48.5 Å². The van der Waals surface area contributed by atoms with Gasteiger partial charge in [-0.1, -0.05) is 76.9 Å². The zero-order chi connectivity index (χ0) is 20.9. The standard InChI is InChI=1S/C22H15Cl2N3O2S/c23-20-10-9-15(11-21(20)24)27-12-14(25-26-27)13-30(28,29)22-18-7-3-1-5-16(18)17-6-2-4-8-19(17)22/h1-12,22H,13H2. The first kappa shape index (κ1) is 19.3. The van der Waals surface area contributed by atoms with Gasteiger partial charge in [0.15, 0.2) is 9.84 Å². The number of halogens is 2. The number of fused-ring (bicyclic) bond motifs is 3. The van der Waals surface area contributed by atoms with Crippen LogP contribution in [0.5, 0.6) is 0 Å². The molecule has 1 aliphatic carbocycles. The molecule has 0 radical (unpaired) electrons. The third-order valence-corrected chi connectivity index (χ3v) is 7.86. The quantitative estimate of drug-likeness (QED) is 0.420. The zero-order valence-electron chi connectivity index (χ0n) is 15.5. The first-order valence-electron chi connectivity index (χ1n) is 9.20. The van der Waals surface area contributed by atoms with Crippen LogP contribution < -0.4 is 0 Å². The highest BCUT2D eigenvalue weighted by molar-refractivity contribution is 7.91. The molecule has 0 N–H and O–H groups in total. The second-order valence-corrected chi connectivity index (χ2v) is 10.0. The lowest BCUT2D eigenvalue weighted by Gasteiger charge is -2.14. The van der Waals surface area contributed by atoms with E-state index in [9.17, 15) is 8.42 Å². The summed E-state index contributed by atoms with van der Waals surface area (Å²) in [4.78, 5) is 0. The Morgan fingerprint density at radius 1 is 0.867 bits per heavy atom. The van der Waals surface area contributed by atoms with Gasteiger partial charge in [-0.25, -0.2) is 13.1 Å². The highest BCUT2D eigenvalue weighted by atomic mass is 35.5. The van der Waals surface area contributed by atoms with Gasteiger partial charge in [-0.2, -0.15) is 0 Å². The first-order valence-corrected chi connectivity index (χ1v) is 11.7. The maximum atomic E-state index is 13.5. The van der Waals surface area contributed by atoms with Crippen LogP contribution in [-0.4, -0.2) is 23.4 Å². The monoisotopic (exact) mass is 455 g/mol. The summed E-state index contributed by atoms with van der Waals surface area (Å²) in [7, 11) is -3.59. The Morgan fingerprint density at radius 3 is 2.13 bits per heavy atom. The highest BCUT2D eigenvalue weighted by Gasteiger charge is 2.38. The van der Waals surface area contributed by atoms with E-state index in [0.29, 0.717) is 21.4 Å². The second kappa shape index (κ2) is 7.23. The van der Waals surface area contributed by atoms with Gasteiger partial charge in [0.2, 0.25) is 0 Å². The van der Waals surface area contributed by atoms with E-state index < -0.39 is 15.1 Å². The minimum atomic E-state index is -3.59. The fourth-order valence-electron chi connectivity index (χ4n) is 3.90. The van der Waals surface area contributed by atoms with Gasteiger partial charge < -0.3 is 0 Å². The Bertz CT molecular complexity index is 1340. The molecule has 0 bridgehead atoms. The summed E-state index contributed by atoms with van der Waals surface area (Å²) in [5, 5.41) is 8.23. The normalized spacial score (nSPS) is 13.3. The summed E-state index contributed by atoms with van der Waals surface area (Å²) in [5.74, 6) is -0.221. The van der Waals surface area contributed by atoms with Crippen molar-refractivity contribution in [1.82, 2.24) is 15.0 Å². The lowest BCUT2D eigenvalue weighted by molar-refractivity contribution is 0.588. The molecule has 8 heteroatoms. The fraction of sp³-hybridized carbons (Fsp3) is 0.0909. The van der Waals surface area contributed by atoms with E-state index in [0.717, 1.165) is 22.3 Å². The summed E-state index contributed by atoms with van der Waals surface area (Å²) in [6, 6.07) is 20.3. The number of nitrogens with zero attached hydrogens (tertiary/aromatic N) is 3. The third-order valence-electron chi connectivity index (χ3n) is 5.19. The van der Waals surface area contributed by atoms with Crippen molar-refractivity contribution in [3.8, 4) is 16.8 Å². The Labute approximate surface area is 183 Å². The molecule has 1 heterocycles. The number of hydrogen-bond donors (Lipinski definition) is 0. The molecule has 0 fully saturated rings. The molecule has 0 saturated carbocycles. The second-order valence-electron chi connectivity index (χ2n) is 7.11. The molecule has 4 aromatic rings. The van der Waals surface area contributed by atoms with E-state index >= 15 is 0 Å². The zero-order valence-corrected chi connectivity index (χ0v) is 17.9. The number of sulfone groups is 1. The molecule has 0 saturated heterocycles. The van der Waals surface area contributed by atoms with Gasteiger partial charge in [0, 0.05) is 0 Å². The molecule has 150 valence electrons. The summed E-state index contributed by atoms with van der Waals surface area (Å²) in [6.07, 6.45) is 1.60. The lowest BCUT2D eigenvalue weighted by atomic mass is 10.1. The van der Waals surface area contributed by atoms with Crippen LogP contribution in [0.1, 0.15) is 22.1 Å². The predicted octanol–water partition coefficient (Wildman–Crippen LogP) is 5.26. The van der Waals surface area contributed by atoms with E-state index in [-0.39, 0.29) is 5.75 Å². The maximum Gasteiger partial charge on any atom is 0.167 e. The van der Waals surface area contributed by atoms with Crippen LogP contribution >= 0.6 is 23.2 Å². The average Bonchev–Trinajstić information content (AvgIpc) is 3.32. The van der Waals surface area contributed by atoms with Crippen molar-refractivity contribution in [2.75, 3.05) is 0 Å². The molecule has 5 rings (SSSR count). The topological polar surface area (TPSA) is 64.8 Å². The first-order chi connectivity index (χ1) is 14.4. The number of aromatic nitrogens is 3. The predicted molar refractivity (Wildman–Crippen MR) is 118 cm³/mol. The van der Waals surface area contributed by atoms with Gasteiger partial charge in [-0.05, 0) is 40.5 Å². The van der Waals surface area contributed by atoms with Crippen molar-refractivity contribution in [2.45, 2.75) is 11.0 Å². The third kappa shape index (κ3) is 3.21. The van der Waals surface area contributed by atoms with Gasteiger partial charge in [-0.15, -0.1) is 5.10 Å². The van der Waals surface area contributed by atoms with Crippen molar-refractivity contribution in [3.63, 3.8) is 0 Å². The Balaban J connectivity index is 1.50. The molecule has 0 unspecified atom stereocenters. The van der Waals surface area contributed by atoms with Gasteiger partial charge in [0.1, 0.15) is 5.25 Å². The van der Waals surface area contributed by atoms with Gasteiger partial charge in [-0.3, -0.25) is 0 Å². The van der Waals surface area contributed by atoms with E-state index in [4.69, 9.17) is 23.2 Å². The molecular weight excluding hydrogens is 441 g/mol. The molecule has 30 heavy (non-hydrogen) atoms. The summed E-state index contributed by atoms with van der Waals surface area (Å²) >= 11 is 12.0. The Kier molecular flexibility index (Phi) is 4.65. The number of benzene rings is 3. The molecule has 0 spiro atoms. The van der Waals surface area contributed by atoms with Gasteiger partial charge >= 0.3 is 0 Å². The molecule has 3 aromatic carbocycles. The van der Waals surface area contributed by atoms with Crippen molar-refractivity contribution in [2.24, 2.45) is 0 Å². The van der Waals surface area contributed by atoms with Crippen LogP contribution in [-0.2, 0) is 15.6 Å². The molecule has 1 aliphatic rings. The fourth-order valence-corrected chi connectivity index (χ4v) is 6.09. The van der Waals surface area contributed by atoms with Gasteiger partial charge in [0.25, 0.3) is 0 Å². The summed E-state index contributed by atoms with van der Waals surface area (Å²) < 4.78 is 28.4. The largest absolute Gasteiger partial charge is 0.227 e. The van der Waals surface area contributed by atoms with Crippen LogP contribution in [0.15, 0.2) is 72.9 Å². The highest BCUT2D eigenvalue weighted by Crippen LogP contribution is 2.47. The van der Waals surface area contributed by atoms with E-state index in [1.54, 1.807) is 24.4 Å². The molecular formula is C22H15Cl2N3O2S. The SMILES string of the molecule is O=S(=O)(Cc1cn(-c2ccc(Cl)c(Cl)c2)nn1)C1c2ccccc2-c2ccccc21. The van der Waals surface area contributed by atoms with Crippen LogP contribution in [0.3, 0.4) is 0 Å². The van der Waals surface area contributed by atoms with Crippen molar-refractivity contribution in [1.29, 1.82) is 0 Å². The van der Waals surface area contributed by atoms with Crippen LogP contribution in [0.2, 0.25) is 10.0 Å². The Hall–Kier alpha value is -2.67. The van der Waals surface area contributed by atoms with E-state index in [1.165, 1.54) is 4.68 Å². The number of rotatable bonds is 4. The van der Waals surface area contributed by atoms with Crippen molar-refractivity contribution in [3.05, 3.63) is 99.8 Å². The lowest BCUT2D eigenvalue weighted by Crippen LogP contribution is -2.15. The van der Waals surface area contributed by atoms with Crippen LogP contribution in [0.4, 0.5) is 0 Å². The van der Waals surface area contributed by atoms with Crippen LogP contribution in [0, 0.1) is 0 Å². The maximum absolute atomic E-state index is 13.5. The minimum absolute atomic E-state index is 0.221. The Morgan fingerprint density at radius 2 is 1.50 bits per heavy atom. The summed E-state index contributed by atoms with van der Waals surface area (Å²) in [6.45, 7) is 0. The molecule has 0 atom stereocenters. The molecule has 1 aromatic heterocycles. The smallest absolute Gasteiger partial charge is 0.167 e.